The van der Waals surface area contributed by atoms with Gasteiger partial charge in [0.2, 0.25) is 0 Å². The number of hydrogen-bond donors (Lipinski definition) is 0. The van der Waals surface area contributed by atoms with E-state index in [4.69, 9.17) is 0 Å². The molecular formula is C30H20N4O8. The molecule has 12 nitrogen and oxygen atoms in total. The van der Waals surface area contributed by atoms with Crippen LogP contribution in [0.4, 0.5) is 0 Å². The zero-order valence-corrected chi connectivity index (χ0v) is 22.7. The maximum atomic E-state index is 12.1. The van der Waals surface area contributed by atoms with Crippen molar-refractivity contribution in [1.29, 1.82) is 0 Å². The summed E-state index contributed by atoms with van der Waals surface area (Å²) < 4.78 is 1.94. The molecule has 7 rings (SSSR count). The van der Waals surface area contributed by atoms with Crippen LogP contribution in [0.15, 0.2) is 67.7 Å². The standard InChI is InChI=1S/C18H12N2O4.C12H8N2O4/c1-19-15(21)11-5-3-9(7-13(11)17(19)23)10-4-6-12-14(8-10)18(24)20(2)16(12)22;1-13-9(15)5-3-7-8(4-6(5)10(13)16)12(18)14(2)11(7)17/h3-8H,1-2H3;3-4H,1-2H3. The second-order valence-corrected chi connectivity index (χ2v) is 10.1. The number of carbonyl (C=O) groups excluding carboxylic acids is 4. The molecule has 12 heteroatoms. The van der Waals surface area contributed by atoms with Crippen molar-refractivity contribution in [2.24, 2.45) is 14.1 Å². The van der Waals surface area contributed by atoms with Gasteiger partial charge < -0.3 is 0 Å². The van der Waals surface area contributed by atoms with Crippen LogP contribution in [0.2, 0.25) is 0 Å². The summed E-state index contributed by atoms with van der Waals surface area (Å²) in [6.07, 6.45) is 0. The molecule has 5 aromatic rings. The number of benzene rings is 3. The lowest BCUT2D eigenvalue weighted by atomic mass is 9.97. The molecule has 4 amide bonds. The van der Waals surface area contributed by atoms with E-state index in [9.17, 15) is 38.4 Å². The van der Waals surface area contributed by atoms with Crippen LogP contribution in [0.25, 0.3) is 32.7 Å². The summed E-state index contributed by atoms with van der Waals surface area (Å²) in [5, 5.41) is 0.714. The Morgan fingerprint density at radius 1 is 0.381 bits per heavy atom. The minimum absolute atomic E-state index is 0.178. The van der Waals surface area contributed by atoms with Crippen molar-refractivity contribution in [2.45, 2.75) is 0 Å². The molecule has 0 saturated heterocycles. The smallest absolute Gasteiger partial charge is 0.261 e. The summed E-state index contributed by atoms with van der Waals surface area (Å²) in [6, 6.07) is 12.6. The predicted octanol–water partition coefficient (Wildman–Crippen LogP) is 0.792. The fraction of sp³-hybridized carbons (Fsp3) is 0.133. The molecule has 42 heavy (non-hydrogen) atoms. The molecule has 3 aromatic carbocycles. The summed E-state index contributed by atoms with van der Waals surface area (Å²) in [7, 11) is 5.62. The zero-order valence-electron chi connectivity index (χ0n) is 22.7. The lowest BCUT2D eigenvalue weighted by Gasteiger charge is -2.05. The van der Waals surface area contributed by atoms with Crippen LogP contribution >= 0.6 is 0 Å². The Morgan fingerprint density at radius 2 is 0.667 bits per heavy atom. The molecule has 0 N–H and O–H groups in total. The van der Waals surface area contributed by atoms with E-state index >= 15 is 0 Å². The van der Waals surface area contributed by atoms with Gasteiger partial charge in [-0.15, -0.1) is 0 Å². The Hall–Kier alpha value is -5.78. The molecule has 0 fully saturated rings. The average molecular weight is 565 g/mol. The normalized spacial score (nSPS) is 14.2. The molecule has 0 aliphatic carbocycles. The van der Waals surface area contributed by atoms with Crippen LogP contribution in [0, 0.1) is 0 Å². The number of hydrogen-bond acceptors (Lipinski definition) is 8. The third kappa shape index (κ3) is 3.48. The monoisotopic (exact) mass is 564 g/mol. The Morgan fingerprint density at radius 3 is 0.976 bits per heavy atom. The molecule has 208 valence electrons. The van der Waals surface area contributed by atoms with Crippen molar-refractivity contribution >= 4 is 45.2 Å². The fourth-order valence-electron chi connectivity index (χ4n) is 5.30. The van der Waals surface area contributed by atoms with E-state index in [0.29, 0.717) is 33.4 Å². The highest BCUT2D eigenvalue weighted by Crippen LogP contribution is 2.31. The highest BCUT2D eigenvalue weighted by atomic mass is 16.2. The summed E-state index contributed by atoms with van der Waals surface area (Å²) in [4.78, 5) is 97.4. The largest absolute Gasteiger partial charge is 0.277 e. The third-order valence-electron chi connectivity index (χ3n) is 7.81. The van der Waals surface area contributed by atoms with Crippen LogP contribution in [-0.4, -0.2) is 56.7 Å². The molecular weight excluding hydrogens is 544 g/mol. The van der Waals surface area contributed by atoms with Crippen molar-refractivity contribution < 1.29 is 19.2 Å². The number of carbonyl (C=O) groups is 4. The molecule has 0 radical (unpaired) electrons. The van der Waals surface area contributed by atoms with Gasteiger partial charge >= 0.3 is 0 Å². The van der Waals surface area contributed by atoms with E-state index in [1.165, 1.54) is 40.3 Å². The molecule has 2 aliphatic rings. The fourth-order valence-corrected chi connectivity index (χ4v) is 5.30. The van der Waals surface area contributed by atoms with Gasteiger partial charge in [-0.25, -0.2) is 0 Å². The Labute approximate surface area is 234 Å². The molecule has 0 saturated carbocycles. The number of aromatic nitrogens is 2. The lowest BCUT2D eigenvalue weighted by Crippen LogP contribution is -2.24. The van der Waals surface area contributed by atoms with Gasteiger partial charge in [-0.2, -0.15) is 0 Å². The van der Waals surface area contributed by atoms with Gasteiger partial charge in [-0.3, -0.25) is 57.3 Å². The molecule has 0 bridgehead atoms. The highest BCUT2D eigenvalue weighted by molar-refractivity contribution is 6.22. The number of nitrogens with zero attached hydrogens (tertiary/aromatic N) is 4. The van der Waals surface area contributed by atoms with Gasteiger partial charge in [-0.1, -0.05) is 12.1 Å². The van der Waals surface area contributed by atoms with Gasteiger partial charge in [0.1, 0.15) is 0 Å². The SMILES string of the molecule is CN1C(=O)c2ccc(-c3ccc4c(c3)C(=O)N(C)C4=O)cc2C1=O.Cn1c(=O)c2cc3c(=O)n(C)c(=O)c3cc2c1=O. The van der Waals surface area contributed by atoms with Gasteiger partial charge in [0.25, 0.3) is 45.9 Å². The molecule has 0 unspecified atom stereocenters. The molecule has 4 heterocycles. The number of amides is 4. The summed E-state index contributed by atoms with van der Waals surface area (Å²) in [5.74, 6) is -1.33. The highest BCUT2D eigenvalue weighted by Gasteiger charge is 2.34. The van der Waals surface area contributed by atoms with E-state index in [0.717, 1.165) is 18.9 Å². The number of imide groups is 2. The summed E-state index contributed by atoms with van der Waals surface area (Å²) in [6.45, 7) is 0. The first-order valence-corrected chi connectivity index (χ1v) is 12.6. The maximum Gasteiger partial charge on any atom is 0.261 e. The van der Waals surface area contributed by atoms with Gasteiger partial charge in [0.05, 0.1) is 43.8 Å². The minimum atomic E-state index is -0.451. The van der Waals surface area contributed by atoms with Crippen molar-refractivity contribution in [2.75, 3.05) is 14.1 Å². The molecule has 2 aromatic heterocycles. The first-order chi connectivity index (χ1) is 19.8. The van der Waals surface area contributed by atoms with Gasteiger partial charge in [0, 0.05) is 28.2 Å². The second kappa shape index (κ2) is 8.86. The van der Waals surface area contributed by atoms with Crippen molar-refractivity contribution in [3.05, 3.63) is 112 Å². The quantitative estimate of drug-likeness (QED) is 0.271. The topological polar surface area (TPSA) is 153 Å². The summed E-state index contributed by atoms with van der Waals surface area (Å²) in [5.41, 5.74) is 1.06. The van der Waals surface area contributed by atoms with Crippen LogP contribution in [-0.2, 0) is 14.1 Å². The van der Waals surface area contributed by atoms with Crippen molar-refractivity contribution in [3.63, 3.8) is 0 Å². The Kier molecular flexibility index (Phi) is 5.58. The molecule has 0 atom stereocenters. The first kappa shape index (κ1) is 26.4. The second-order valence-electron chi connectivity index (χ2n) is 10.1. The lowest BCUT2D eigenvalue weighted by molar-refractivity contribution is 0.0677. The minimum Gasteiger partial charge on any atom is -0.277 e. The predicted molar refractivity (Wildman–Crippen MR) is 152 cm³/mol. The van der Waals surface area contributed by atoms with Crippen LogP contribution < -0.4 is 22.2 Å². The first-order valence-electron chi connectivity index (χ1n) is 12.6. The van der Waals surface area contributed by atoms with Crippen molar-refractivity contribution in [3.8, 4) is 11.1 Å². The molecule has 2 aliphatic heterocycles. The maximum absolute atomic E-state index is 12.1. The number of fused-ring (bicyclic) bond motifs is 4. The van der Waals surface area contributed by atoms with E-state index in [1.54, 1.807) is 36.4 Å². The molecule has 0 spiro atoms. The van der Waals surface area contributed by atoms with Crippen LogP contribution in [0.3, 0.4) is 0 Å². The Balaban J connectivity index is 0.000000157. The summed E-state index contributed by atoms with van der Waals surface area (Å²) >= 11 is 0. The third-order valence-corrected chi connectivity index (χ3v) is 7.81. The van der Waals surface area contributed by atoms with E-state index in [-0.39, 0.29) is 45.2 Å². The van der Waals surface area contributed by atoms with Crippen molar-refractivity contribution in [1.82, 2.24) is 18.9 Å². The van der Waals surface area contributed by atoms with Crippen LogP contribution in [0.5, 0.6) is 0 Å². The van der Waals surface area contributed by atoms with E-state index in [2.05, 4.69) is 0 Å². The zero-order chi connectivity index (χ0) is 30.4. The number of rotatable bonds is 1. The van der Waals surface area contributed by atoms with Gasteiger partial charge in [0.15, 0.2) is 0 Å². The van der Waals surface area contributed by atoms with E-state index < -0.39 is 22.2 Å². The Bertz CT molecular complexity index is 2080. The van der Waals surface area contributed by atoms with Crippen LogP contribution in [0.1, 0.15) is 41.4 Å². The van der Waals surface area contributed by atoms with E-state index in [1.807, 2.05) is 0 Å². The van der Waals surface area contributed by atoms with Gasteiger partial charge in [-0.05, 0) is 47.5 Å². The average Bonchev–Trinajstić information content (AvgIpc) is 3.54.